The Balaban J connectivity index is 2.07. The van der Waals surface area contributed by atoms with Gasteiger partial charge in [0.2, 0.25) is 0 Å². The topological polar surface area (TPSA) is 54.9 Å². The Bertz CT molecular complexity index is 576. The van der Waals surface area contributed by atoms with Crippen LogP contribution in [-0.4, -0.2) is 15.9 Å². The Morgan fingerprint density at radius 1 is 1.16 bits per heavy atom. The summed E-state index contributed by atoms with van der Waals surface area (Å²) in [6, 6.07) is 6.00. The molecule has 0 fully saturated rings. The number of aryl methyl sites for hydroxylation is 2. The molecule has 4 nitrogen and oxygen atoms in total. The normalized spacial score (nSPS) is 10.3. The van der Waals surface area contributed by atoms with E-state index in [-0.39, 0.29) is 11.7 Å². The van der Waals surface area contributed by atoms with Crippen LogP contribution < -0.4 is 5.32 Å². The summed E-state index contributed by atoms with van der Waals surface area (Å²) in [5.41, 5.74) is 2.61. The molecule has 0 spiro atoms. The quantitative estimate of drug-likeness (QED) is 0.919. The van der Waals surface area contributed by atoms with Gasteiger partial charge in [0.1, 0.15) is 12.1 Å². The van der Waals surface area contributed by atoms with E-state index in [9.17, 15) is 9.18 Å². The minimum Gasteiger partial charge on any atom is -0.348 e. The third kappa shape index (κ3) is 3.13. The predicted molar refractivity (Wildman–Crippen MR) is 69.1 cm³/mol. The number of hydrogen-bond donors (Lipinski definition) is 1. The van der Waals surface area contributed by atoms with Gasteiger partial charge in [0, 0.05) is 6.54 Å². The molecule has 0 aliphatic rings. The number of nitrogens with zero attached hydrogens (tertiary/aromatic N) is 2. The van der Waals surface area contributed by atoms with Gasteiger partial charge in [0.15, 0.2) is 0 Å². The molecule has 0 aliphatic carbocycles. The van der Waals surface area contributed by atoms with Gasteiger partial charge in [-0.05, 0) is 31.5 Å². The zero-order valence-electron chi connectivity index (χ0n) is 10.8. The average molecular weight is 259 g/mol. The molecule has 0 atom stereocenters. The van der Waals surface area contributed by atoms with Crippen LogP contribution in [0.15, 0.2) is 30.6 Å². The number of amides is 1. The van der Waals surface area contributed by atoms with Crippen LogP contribution in [0.5, 0.6) is 0 Å². The Labute approximate surface area is 110 Å². The van der Waals surface area contributed by atoms with Gasteiger partial charge >= 0.3 is 0 Å². The van der Waals surface area contributed by atoms with Crippen LogP contribution in [0.1, 0.15) is 27.3 Å². The van der Waals surface area contributed by atoms with Gasteiger partial charge in [0.05, 0.1) is 17.0 Å². The molecule has 1 aromatic carbocycles. The van der Waals surface area contributed by atoms with Crippen LogP contribution in [0.2, 0.25) is 0 Å². The van der Waals surface area contributed by atoms with Crippen LogP contribution in [-0.2, 0) is 6.54 Å². The van der Waals surface area contributed by atoms with E-state index in [2.05, 4.69) is 15.3 Å². The fourth-order valence-corrected chi connectivity index (χ4v) is 1.79. The molecule has 0 saturated carbocycles. The predicted octanol–water partition coefficient (Wildman–Crippen LogP) is 2.16. The molecule has 1 heterocycles. The van der Waals surface area contributed by atoms with Crippen LogP contribution in [0.25, 0.3) is 0 Å². The first-order chi connectivity index (χ1) is 9.08. The Kier molecular flexibility index (Phi) is 3.85. The molecular formula is C14H14FN3O. The number of carbonyl (C=O) groups excluding carboxylic acids is 1. The maximum absolute atomic E-state index is 12.8. The van der Waals surface area contributed by atoms with Gasteiger partial charge in [0.25, 0.3) is 5.91 Å². The third-order valence-corrected chi connectivity index (χ3v) is 2.82. The van der Waals surface area contributed by atoms with Crippen molar-refractivity contribution in [3.63, 3.8) is 0 Å². The zero-order chi connectivity index (χ0) is 13.8. The molecule has 0 unspecified atom stereocenters. The molecule has 0 aliphatic heterocycles. The standard InChI is InChI=1S/C14H14FN3O/c1-9-13(10(2)18-8-17-9)14(19)16-7-11-3-5-12(15)6-4-11/h3-6,8H,7H2,1-2H3,(H,16,19). The van der Waals surface area contributed by atoms with Gasteiger partial charge in [-0.25, -0.2) is 14.4 Å². The molecular weight excluding hydrogens is 245 g/mol. The van der Waals surface area contributed by atoms with E-state index >= 15 is 0 Å². The number of halogens is 1. The van der Waals surface area contributed by atoms with E-state index in [1.807, 2.05) is 0 Å². The van der Waals surface area contributed by atoms with E-state index in [1.165, 1.54) is 18.5 Å². The van der Waals surface area contributed by atoms with Gasteiger partial charge in [-0.1, -0.05) is 12.1 Å². The van der Waals surface area contributed by atoms with Crippen molar-refractivity contribution >= 4 is 5.91 Å². The van der Waals surface area contributed by atoms with Crippen molar-refractivity contribution in [3.05, 3.63) is 58.9 Å². The SMILES string of the molecule is Cc1ncnc(C)c1C(=O)NCc1ccc(F)cc1. The second-order valence-electron chi connectivity index (χ2n) is 4.23. The van der Waals surface area contributed by atoms with E-state index in [1.54, 1.807) is 26.0 Å². The second-order valence-corrected chi connectivity index (χ2v) is 4.23. The molecule has 0 radical (unpaired) electrons. The van der Waals surface area contributed by atoms with Crippen molar-refractivity contribution in [2.75, 3.05) is 0 Å². The van der Waals surface area contributed by atoms with Crippen LogP contribution in [0, 0.1) is 19.7 Å². The fourth-order valence-electron chi connectivity index (χ4n) is 1.79. The van der Waals surface area contributed by atoms with Crippen LogP contribution in [0.3, 0.4) is 0 Å². The Morgan fingerprint density at radius 2 is 1.74 bits per heavy atom. The number of nitrogens with one attached hydrogen (secondary N) is 1. The summed E-state index contributed by atoms with van der Waals surface area (Å²) in [6.07, 6.45) is 1.43. The molecule has 1 N–H and O–H groups in total. The molecule has 5 heteroatoms. The molecule has 1 aromatic heterocycles. The Morgan fingerprint density at radius 3 is 2.32 bits per heavy atom. The second kappa shape index (κ2) is 5.56. The Hall–Kier alpha value is -2.30. The lowest BCUT2D eigenvalue weighted by Crippen LogP contribution is -2.25. The summed E-state index contributed by atoms with van der Waals surface area (Å²) < 4.78 is 12.8. The molecule has 2 rings (SSSR count). The number of hydrogen-bond acceptors (Lipinski definition) is 3. The maximum Gasteiger partial charge on any atom is 0.255 e. The van der Waals surface area contributed by atoms with Gasteiger partial charge < -0.3 is 5.32 Å². The lowest BCUT2D eigenvalue weighted by Gasteiger charge is -2.09. The molecule has 2 aromatic rings. The van der Waals surface area contributed by atoms with Gasteiger partial charge in [-0.15, -0.1) is 0 Å². The van der Waals surface area contributed by atoms with E-state index < -0.39 is 0 Å². The lowest BCUT2D eigenvalue weighted by molar-refractivity contribution is 0.0948. The summed E-state index contributed by atoms with van der Waals surface area (Å²) in [5, 5.41) is 2.77. The smallest absolute Gasteiger partial charge is 0.255 e. The summed E-state index contributed by atoms with van der Waals surface area (Å²) in [5.74, 6) is -0.516. The molecule has 98 valence electrons. The van der Waals surface area contributed by atoms with E-state index in [0.29, 0.717) is 23.5 Å². The van der Waals surface area contributed by atoms with Crippen molar-refractivity contribution in [3.8, 4) is 0 Å². The molecule has 0 saturated heterocycles. The minimum atomic E-state index is -0.293. The summed E-state index contributed by atoms with van der Waals surface area (Å²) in [6.45, 7) is 3.87. The monoisotopic (exact) mass is 259 g/mol. The highest BCUT2D eigenvalue weighted by Crippen LogP contribution is 2.08. The number of benzene rings is 1. The first kappa shape index (κ1) is 13.1. The molecule has 19 heavy (non-hydrogen) atoms. The van der Waals surface area contributed by atoms with Gasteiger partial charge in [-0.2, -0.15) is 0 Å². The molecule has 1 amide bonds. The summed E-state index contributed by atoms with van der Waals surface area (Å²) in [4.78, 5) is 20.1. The first-order valence-electron chi connectivity index (χ1n) is 5.89. The van der Waals surface area contributed by atoms with Crippen molar-refractivity contribution < 1.29 is 9.18 Å². The van der Waals surface area contributed by atoms with Crippen molar-refractivity contribution in [2.24, 2.45) is 0 Å². The van der Waals surface area contributed by atoms with Crippen LogP contribution >= 0.6 is 0 Å². The van der Waals surface area contributed by atoms with Gasteiger partial charge in [-0.3, -0.25) is 4.79 Å². The first-order valence-corrected chi connectivity index (χ1v) is 5.89. The van der Waals surface area contributed by atoms with Crippen LogP contribution in [0.4, 0.5) is 4.39 Å². The average Bonchev–Trinajstić information content (AvgIpc) is 2.38. The lowest BCUT2D eigenvalue weighted by atomic mass is 10.1. The maximum atomic E-state index is 12.8. The summed E-state index contributed by atoms with van der Waals surface area (Å²) in [7, 11) is 0. The largest absolute Gasteiger partial charge is 0.348 e. The van der Waals surface area contributed by atoms with E-state index in [4.69, 9.17) is 0 Å². The third-order valence-electron chi connectivity index (χ3n) is 2.82. The highest BCUT2D eigenvalue weighted by molar-refractivity contribution is 5.96. The zero-order valence-corrected chi connectivity index (χ0v) is 10.8. The fraction of sp³-hybridized carbons (Fsp3) is 0.214. The number of rotatable bonds is 3. The van der Waals surface area contributed by atoms with Crippen molar-refractivity contribution in [1.29, 1.82) is 0 Å². The van der Waals surface area contributed by atoms with Crippen molar-refractivity contribution in [2.45, 2.75) is 20.4 Å². The van der Waals surface area contributed by atoms with E-state index in [0.717, 1.165) is 5.56 Å². The summed E-state index contributed by atoms with van der Waals surface area (Å²) >= 11 is 0. The highest BCUT2D eigenvalue weighted by Gasteiger charge is 2.13. The highest BCUT2D eigenvalue weighted by atomic mass is 19.1. The number of aromatic nitrogens is 2. The molecule has 0 bridgehead atoms. The number of carbonyl (C=O) groups is 1. The van der Waals surface area contributed by atoms with Crippen molar-refractivity contribution in [1.82, 2.24) is 15.3 Å². The minimum absolute atomic E-state index is 0.222.